The quantitative estimate of drug-likeness (QED) is 0.916. The highest BCUT2D eigenvalue weighted by molar-refractivity contribution is 5.81. The number of carboxylic acid groups (broad SMARTS) is 1. The molecule has 5 nitrogen and oxygen atoms in total. The fraction of sp³-hybridized carbons (Fsp3) is 0.533. The molecule has 1 aromatic heterocycles. The van der Waals surface area contributed by atoms with Gasteiger partial charge in [0.25, 0.3) is 0 Å². The van der Waals surface area contributed by atoms with Crippen molar-refractivity contribution in [1.29, 1.82) is 0 Å². The summed E-state index contributed by atoms with van der Waals surface area (Å²) in [5, 5.41) is 8.72. The molecule has 1 aliphatic rings. The van der Waals surface area contributed by atoms with Gasteiger partial charge in [0, 0.05) is 25.4 Å². The van der Waals surface area contributed by atoms with E-state index in [1.54, 1.807) is 12.4 Å². The van der Waals surface area contributed by atoms with Crippen molar-refractivity contribution in [1.82, 2.24) is 9.88 Å². The number of hydrogen-bond donors (Lipinski definition) is 1. The number of rotatable bonds is 4. The number of amides is 1. The summed E-state index contributed by atoms with van der Waals surface area (Å²) in [6, 6.07) is 3.93. The molecule has 0 saturated carbocycles. The van der Waals surface area contributed by atoms with Gasteiger partial charge in [-0.25, -0.2) is 0 Å². The summed E-state index contributed by atoms with van der Waals surface area (Å²) in [7, 11) is 0. The first-order valence-corrected chi connectivity index (χ1v) is 7.09. The fourth-order valence-electron chi connectivity index (χ4n) is 2.70. The van der Waals surface area contributed by atoms with Crippen LogP contribution in [0.4, 0.5) is 0 Å². The first kappa shape index (κ1) is 14.5. The molecule has 1 N–H and O–H groups in total. The van der Waals surface area contributed by atoms with Crippen molar-refractivity contribution in [2.75, 3.05) is 6.54 Å². The van der Waals surface area contributed by atoms with E-state index in [2.05, 4.69) is 4.98 Å². The molecule has 0 spiro atoms. The third kappa shape index (κ3) is 3.79. The topological polar surface area (TPSA) is 70.5 Å². The van der Waals surface area contributed by atoms with Crippen LogP contribution in [0.15, 0.2) is 24.5 Å². The summed E-state index contributed by atoms with van der Waals surface area (Å²) in [5.74, 6) is -0.982. The fourth-order valence-corrected chi connectivity index (χ4v) is 2.70. The molecule has 0 aliphatic carbocycles. The average molecular weight is 276 g/mol. The maximum absolute atomic E-state index is 12.3. The Labute approximate surface area is 118 Å². The Morgan fingerprint density at radius 3 is 2.65 bits per heavy atom. The highest BCUT2D eigenvalue weighted by Gasteiger charge is 2.26. The van der Waals surface area contributed by atoms with Gasteiger partial charge in [-0.1, -0.05) is 12.8 Å². The van der Waals surface area contributed by atoms with Crippen LogP contribution in [0.25, 0.3) is 0 Å². The van der Waals surface area contributed by atoms with Gasteiger partial charge in [0.2, 0.25) is 5.91 Å². The molecule has 1 saturated heterocycles. The van der Waals surface area contributed by atoms with Crippen molar-refractivity contribution in [3.63, 3.8) is 0 Å². The van der Waals surface area contributed by atoms with Crippen LogP contribution in [0, 0.1) is 0 Å². The van der Waals surface area contributed by atoms with E-state index in [1.165, 1.54) is 0 Å². The van der Waals surface area contributed by atoms with Gasteiger partial charge in [0.05, 0.1) is 12.5 Å². The summed E-state index contributed by atoms with van der Waals surface area (Å²) >= 11 is 0. The van der Waals surface area contributed by atoms with Crippen molar-refractivity contribution < 1.29 is 14.7 Å². The maximum atomic E-state index is 12.3. The molecule has 0 bridgehead atoms. The third-order valence-corrected chi connectivity index (χ3v) is 3.72. The van der Waals surface area contributed by atoms with Crippen molar-refractivity contribution in [3.05, 3.63) is 30.1 Å². The Balaban J connectivity index is 2.13. The number of pyridine rings is 1. The Bertz CT molecular complexity index is 461. The molecule has 5 heteroatoms. The lowest BCUT2D eigenvalue weighted by atomic mass is 10.0. The van der Waals surface area contributed by atoms with Crippen LogP contribution >= 0.6 is 0 Å². The summed E-state index contributed by atoms with van der Waals surface area (Å²) < 4.78 is 0. The normalized spacial score (nSPS) is 19.4. The number of carbonyl (C=O) groups excluding carboxylic acids is 1. The van der Waals surface area contributed by atoms with Gasteiger partial charge in [-0.2, -0.15) is 0 Å². The van der Waals surface area contributed by atoms with Gasteiger partial charge in [0.1, 0.15) is 0 Å². The summed E-state index contributed by atoms with van der Waals surface area (Å²) in [5.41, 5.74) is 1.09. The molecule has 1 unspecified atom stereocenters. The molecular weight excluding hydrogens is 256 g/mol. The molecule has 0 aromatic carbocycles. The molecule has 1 amide bonds. The van der Waals surface area contributed by atoms with Crippen LogP contribution in [0.5, 0.6) is 0 Å². The lowest BCUT2D eigenvalue weighted by Crippen LogP contribution is -2.35. The van der Waals surface area contributed by atoms with Crippen LogP contribution < -0.4 is 0 Å². The zero-order chi connectivity index (χ0) is 14.4. The number of aromatic nitrogens is 1. The Hall–Kier alpha value is -1.91. The van der Waals surface area contributed by atoms with Crippen molar-refractivity contribution >= 4 is 11.9 Å². The second kappa shape index (κ2) is 7.03. The Kier molecular flexibility index (Phi) is 5.09. The Morgan fingerprint density at radius 2 is 1.95 bits per heavy atom. The molecule has 1 aromatic rings. The van der Waals surface area contributed by atoms with Gasteiger partial charge in [0.15, 0.2) is 0 Å². The van der Waals surface area contributed by atoms with Crippen LogP contribution in [-0.4, -0.2) is 33.4 Å². The molecule has 1 atom stereocenters. The maximum Gasteiger partial charge on any atom is 0.303 e. The monoisotopic (exact) mass is 276 g/mol. The number of hydrogen-bond acceptors (Lipinski definition) is 3. The number of likely N-dealkylation sites (tertiary alicyclic amines) is 1. The summed E-state index contributed by atoms with van der Waals surface area (Å²) in [6.45, 7) is 0.714. The van der Waals surface area contributed by atoms with E-state index < -0.39 is 5.97 Å². The smallest absolute Gasteiger partial charge is 0.303 e. The van der Waals surface area contributed by atoms with Crippen LogP contribution in [-0.2, 0) is 9.59 Å². The van der Waals surface area contributed by atoms with E-state index in [9.17, 15) is 9.59 Å². The zero-order valence-corrected chi connectivity index (χ0v) is 11.5. The number of carboxylic acids is 1. The average Bonchev–Trinajstić information content (AvgIpc) is 2.71. The standard InChI is InChI=1S/C15H20N2O3/c18-14(5-6-15(19)20)17-11-3-1-2-4-13(17)12-7-9-16-10-8-12/h7-10,13H,1-6,11H2,(H,19,20). The first-order chi connectivity index (χ1) is 9.68. The molecule has 2 heterocycles. The van der Waals surface area contributed by atoms with Gasteiger partial charge >= 0.3 is 5.97 Å². The lowest BCUT2D eigenvalue weighted by molar-refractivity contribution is -0.141. The van der Waals surface area contributed by atoms with E-state index in [0.29, 0.717) is 6.54 Å². The van der Waals surface area contributed by atoms with Crippen molar-refractivity contribution in [2.45, 2.75) is 44.6 Å². The highest BCUT2D eigenvalue weighted by Crippen LogP contribution is 2.30. The van der Waals surface area contributed by atoms with Gasteiger partial charge in [-0.05, 0) is 30.5 Å². The van der Waals surface area contributed by atoms with Gasteiger partial charge < -0.3 is 10.0 Å². The summed E-state index contributed by atoms with van der Waals surface area (Å²) in [6.07, 6.45) is 7.58. The van der Waals surface area contributed by atoms with Crippen LogP contribution in [0.2, 0.25) is 0 Å². The minimum Gasteiger partial charge on any atom is -0.481 e. The van der Waals surface area contributed by atoms with Crippen LogP contribution in [0.1, 0.15) is 50.1 Å². The molecule has 108 valence electrons. The minimum atomic E-state index is -0.923. The zero-order valence-electron chi connectivity index (χ0n) is 11.5. The summed E-state index contributed by atoms with van der Waals surface area (Å²) in [4.78, 5) is 28.8. The molecule has 1 fully saturated rings. The first-order valence-electron chi connectivity index (χ1n) is 7.09. The van der Waals surface area contributed by atoms with E-state index in [0.717, 1.165) is 31.2 Å². The van der Waals surface area contributed by atoms with Gasteiger partial charge in [-0.15, -0.1) is 0 Å². The highest BCUT2D eigenvalue weighted by atomic mass is 16.4. The largest absolute Gasteiger partial charge is 0.481 e. The number of aliphatic carboxylic acids is 1. The van der Waals surface area contributed by atoms with Gasteiger partial charge in [-0.3, -0.25) is 14.6 Å². The predicted molar refractivity (Wildman–Crippen MR) is 74.0 cm³/mol. The van der Waals surface area contributed by atoms with Crippen molar-refractivity contribution in [3.8, 4) is 0 Å². The molecule has 20 heavy (non-hydrogen) atoms. The third-order valence-electron chi connectivity index (χ3n) is 3.72. The number of carbonyl (C=O) groups is 2. The minimum absolute atomic E-state index is 0.0572. The van der Waals surface area contributed by atoms with E-state index in [-0.39, 0.29) is 24.8 Å². The Morgan fingerprint density at radius 1 is 1.20 bits per heavy atom. The number of nitrogens with zero attached hydrogens (tertiary/aromatic N) is 2. The lowest BCUT2D eigenvalue weighted by Gasteiger charge is -2.30. The second-order valence-corrected chi connectivity index (χ2v) is 5.13. The van der Waals surface area contributed by atoms with Crippen LogP contribution in [0.3, 0.4) is 0 Å². The van der Waals surface area contributed by atoms with E-state index >= 15 is 0 Å². The molecule has 0 radical (unpaired) electrons. The predicted octanol–water partition coefficient (Wildman–Crippen LogP) is 2.39. The van der Waals surface area contributed by atoms with E-state index in [1.807, 2.05) is 17.0 Å². The SMILES string of the molecule is O=C(O)CCC(=O)N1CCCCCC1c1ccncc1. The molecule has 1 aliphatic heterocycles. The molecular formula is C15H20N2O3. The van der Waals surface area contributed by atoms with E-state index in [4.69, 9.17) is 5.11 Å². The molecule has 2 rings (SSSR count). The second-order valence-electron chi connectivity index (χ2n) is 5.13. The van der Waals surface area contributed by atoms with Crippen molar-refractivity contribution in [2.24, 2.45) is 0 Å².